The van der Waals surface area contributed by atoms with Crippen LogP contribution in [0.5, 0.6) is 0 Å². The van der Waals surface area contributed by atoms with Gasteiger partial charge >= 0.3 is 0 Å². The van der Waals surface area contributed by atoms with Gasteiger partial charge in [-0.2, -0.15) is 0 Å². The van der Waals surface area contributed by atoms with Gasteiger partial charge in [-0.3, -0.25) is 0 Å². The second-order valence-electron chi connectivity index (χ2n) is 16.3. The van der Waals surface area contributed by atoms with E-state index >= 15 is 0 Å². The topological polar surface area (TPSA) is 6.48 Å². The van der Waals surface area contributed by atoms with Crippen LogP contribution in [0.1, 0.15) is 33.4 Å². The van der Waals surface area contributed by atoms with Gasteiger partial charge in [0.05, 0.1) is 22.7 Å². The molecule has 11 rings (SSSR count). The lowest BCUT2D eigenvalue weighted by Gasteiger charge is -2.50. The molecule has 2 nitrogen and oxygen atoms in total. The summed E-state index contributed by atoms with van der Waals surface area (Å²) in [6, 6.07) is 45.2. The fourth-order valence-electron chi connectivity index (χ4n) is 11.0. The Kier molecular flexibility index (Phi) is 7.29. The number of halogens is 2. The Hall–Kier alpha value is -5.41. The lowest BCUT2D eigenvalue weighted by atomic mass is 9.32. The molecule has 56 heavy (non-hydrogen) atoms. The summed E-state index contributed by atoms with van der Waals surface area (Å²) in [5.41, 5.74) is 22.6. The van der Waals surface area contributed by atoms with Crippen LogP contribution in [0.3, 0.4) is 0 Å². The highest BCUT2D eigenvalue weighted by Crippen LogP contribution is 2.57. The van der Waals surface area contributed by atoms with Gasteiger partial charge in [0.2, 0.25) is 13.4 Å². The maximum atomic E-state index is 7.03. The first-order chi connectivity index (χ1) is 27.1. The molecule has 0 bridgehead atoms. The molecule has 0 unspecified atom stereocenters. The fraction of sp³-hybridized carbons (Fsp3) is 0.120. The van der Waals surface area contributed by atoms with Gasteiger partial charge in [0.25, 0.3) is 0 Å². The Morgan fingerprint density at radius 3 is 1.16 bits per heavy atom. The molecular weight excluding hydrogens is 721 g/mol. The minimum atomic E-state index is -0.0399. The minimum absolute atomic E-state index is 0.0399. The Morgan fingerprint density at radius 1 is 0.393 bits per heavy atom. The number of fused-ring (bicyclic) bond motifs is 10. The third kappa shape index (κ3) is 4.60. The van der Waals surface area contributed by atoms with Crippen molar-refractivity contribution in [3.8, 4) is 0 Å². The molecule has 0 amide bonds. The highest BCUT2D eigenvalue weighted by molar-refractivity contribution is 7.01. The van der Waals surface area contributed by atoms with Gasteiger partial charge in [0.15, 0.2) is 0 Å². The highest BCUT2D eigenvalue weighted by atomic mass is 35.5. The molecule has 0 spiro atoms. The van der Waals surface area contributed by atoms with Gasteiger partial charge in [0, 0.05) is 21.4 Å². The van der Waals surface area contributed by atoms with Crippen LogP contribution in [0.2, 0.25) is 10.0 Å². The second-order valence-corrected chi connectivity index (χ2v) is 17.2. The number of anilines is 6. The first kappa shape index (κ1) is 33.9. The van der Waals surface area contributed by atoms with Crippen LogP contribution in [0, 0.1) is 41.5 Å². The summed E-state index contributed by atoms with van der Waals surface area (Å²) in [6.45, 7) is 13.4. The van der Waals surface area contributed by atoms with Gasteiger partial charge < -0.3 is 9.80 Å². The zero-order chi connectivity index (χ0) is 38.3. The largest absolute Gasteiger partial charge is 0.307 e. The van der Waals surface area contributed by atoms with Crippen molar-refractivity contribution in [1.82, 2.24) is 0 Å². The van der Waals surface area contributed by atoms with E-state index in [0.717, 1.165) is 10.0 Å². The van der Waals surface area contributed by atoms with Crippen LogP contribution < -0.4 is 42.6 Å². The molecule has 0 saturated heterocycles. The normalized spacial score (nSPS) is 13.6. The summed E-state index contributed by atoms with van der Waals surface area (Å²) in [5.74, 6) is 0. The standard InChI is InChI=1S/C50H38B2Cl2N2/c1-27-19-29(3)45(30(4)20-27)51-39-25-35(53)15-17-41(39)55-44-24-34-12-8-10-14-38(34)48-50(44)56(43-23-33-11-7-9-13-37(33)47(51)49(43)55)42-18-16-36(54)26-40(42)52(48)46-31(5)21-28(2)22-32(46)6/h7-26H,1-6H3. The summed E-state index contributed by atoms with van der Waals surface area (Å²) < 4.78 is 0. The van der Waals surface area contributed by atoms with E-state index in [1.165, 1.54) is 122 Å². The van der Waals surface area contributed by atoms with E-state index in [1.54, 1.807) is 0 Å². The third-order valence-corrected chi connectivity index (χ3v) is 13.2. The van der Waals surface area contributed by atoms with Crippen LogP contribution in [0.4, 0.5) is 34.1 Å². The molecule has 3 aliphatic heterocycles. The number of hydrogen-bond acceptors (Lipinski definition) is 2. The Balaban J connectivity index is 1.35. The van der Waals surface area contributed by atoms with E-state index in [2.05, 4.69) is 173 Å². The van der Waals surface area contributed by atoms with Crippen LogP contribution in [-0.4, -0.2) is 13.4 Å². The Labute approximate surface area is 339 Å². The SMILES string of the molecule is Cc1cc(C)c(B2c3cc(Cl)ccc3N3c4cc5ccccc5c5c4N(c4ccc(Cl)cc4B5c4c(C)cc(C)cc4C)c4cc5ccccc5c2c43)c(C)c1. The van der Waals surface area contributed by atoms with E-state index < -0.39 is 0 Å². The summed E-state index contributed by atoms with van der Waals surface area (Å²) in [5, 5.41) is 6.44. The molecule has 0 fully saturated rings. The molecule has 3 aliphatic rings. The summed E-state index contributed by atoms with van der Waals surface area (Å²) in [4.78, 5) is 5.15. The van der Waals surface area contributed by atoms with Crippen molar-refractivity contribution >= 4 is 125 Å². The summed E-state index contributed by atoms with van der Waals surface area (Å²) in [7, 11) is 0. The predicted molar refractivity (Wildman–Crippen MR) is 245 cm³/mol. The van der Waals surface area contributed by atoms with Crippen LogP contribution in [0.25, 0.3) is 21.5 Å². The number of aryl methyl sites for hydroxylation is 6. The van der Waals surface area contributed by atoms with Crippen molar-refractivity contribution < 1.29 is 0 Å². The Bertz CT molecular complexity index is 2810. The van der Waals surface area contributed by atoms with E-state index in [-0.39, 0.29) is 13.4 Å². The molecule has 268 valence electrons. The van der Waals surface area contributed by atoms with Crippen molar-refractivity contribution in [1.29, 1.82) is 0 Å². The summed E-state index contributed by atoms with van der Waals surface area (Å²) >= 11 is 14.1. The highest BCUT2D eigenvalue weighted by Gasteiger charge is 2.48. The van der Waals surface area contributed by atoms with Crippen molar-refractivity contribution in [3.63, 3.8) is 0 Å². The van der Waals surface area contributed by atoms with Crippen molar-refractivity contribution in [2.45, 2.75) is 41.5 Å². The molecule has 0 radical (unpaired) electrons. The number of rotatable bonds is 2. The van der Waals surface area contributed by atoms with Gasteiger partial charge in [0.1, 0.15) is 0 Å². The molecule has 0 aromatic heterocycles. The van der Waals surface area contributed by atoms with Gasteiger partial charge in [-0.15, -0.1) is 0 Å². The van der Waals surface area contributed by atoms with Gasteiger partial charge in [-0.25, -0.2) is 0 Å². The molecule has 0 atom stereocenters. The van der Waals surface area contributed by atoms with E-state index in [0.29, 0.717) is 0 Å². The van der Waals surface area contributed by atoms with Crippen molar-refractivity contribution in [2.24, 2.45) is 0 Å². The molecule has 8 aromatic carbocycles. The van der Waals surface area contributed by atoms with Crippen LogP contribution >= 0.6 is 23.2 Å². The zero-order valence-electron chi connectivity index (χ0n) is 32.4. The first-order valence-corrected chi connectivity index (χ1v) is 20.3. The molecule has 0 aliphatic carbocycles. The lowest BCUT2D eigenvalue weighted by Crippen LogP contribution is -2.62. The number of benzene rings is 8. The minimum Gasteiger partial charge on any atom is -0.307 e. The monoisotopic (exact) mass is 758 g/mol. The molecular formula is C50H38B2Cl2N2. The number of hydrogen-bond donors (Lipinski definition) is 0. The molecule has 8 aromatic rings. The molecule has 0 N–H and O–H groups in total. The second kappa shape index (κ2) is 12.0. The maximum absolute atomic E-state index is 7.03. The Morgan fingerprint density at radius 2 is 0.768 bits per heavy atom. The smallest absolute Gasteiger partial charge is 0.248 e. The average molecular weight is 759 g/mol. The maximum Gasteiger partial charge on any atom is 0.248 e. The van der Waals surface area contributed by atoms with Gasteiger partial charge in [-0.05, 0) is 133 Å². The van der Waals surface area contributed by atoms with Crippen LogP contribution in [-0.2, 0) is 0 Å². The zero-order valence-corrected chi connectivity index (χ0v) is 33.9. The quantitative estimate of drug-likeness (QED) is 0.162. The molecule has 3 heterocycles. The van der Waals surface area contributed by atoms with Crippen LogP contribution in [0.15, 0.2) is 121 Å². The van der Waals surface area contributed by atoms with E-state index in [1.807, 2.05) is 0 Å². The third-order valence-electron chi connectivity index (χ3n) is 12.7. The number of nitrogens with zero attached hydrogens (tertiary/aromatic N) is 2. The van der Waals surface area contributed by atoms with Gasteiger partial charge in [-0.1, -0.05) is 140 Å². The fourth-order valence-corrected chi connectivity index (χ4v) is 11.3. The lowest BCUT2D eigenvalue weighted by molar-refractivity contribution is 1.19. The molecule has 6 heteroatoms. The summed E-state index contributed by atoms with van der Waals surface area (Å²) in [6.07, 6.45) is 0. The van der Waals surface area contributed by atoms with E-state index in [9.17, 15) is 0 Å². The average Bonchev–Trinajstić information content (AvgIpc) is 3.16. The van der Waals surface area contributed by atoms with Crippen molar-refractivity contribution in [2.75, 3.05) is 9.80 Å². The molecule has 0 saturated carbocycles. The first-order valence-electron chi connectivity index (χ1n) is 19.5. The predicted octanol–water partition coefficient (Wildman–Crippen LogP) is 10.1. The van der Waals surface area contributed by atoms with Crippen molar-refractivity contribution in [3.05, 3.63) is 165 Å². The van der Waals surface area contributed by atoms with E-state index in [4.69, 9.17) is 23.2 Å².